The van der Waals surface area contributed by atoms with Crippen LogP contribution in [-0.2, 0) is 11.3 Å². The lowest BCUT2D eigenvalue weighted by Crippen LogP contribution is -2.28. The van der Waals surface area contributed by atoms with Gasteiger partial charge in [0.25, 0.3) is 5.91 Å². The van der Waals surface area contributed by atoms with E-state index in [0.29, 0.717) is 18.7 Å². The zero-order valence-corrected chi connectivity index (χ0v) is 9.81. The number of methoxy groups -OCH3 is 1. The molecule has 1 aromatic rings. The number of hydrogen-bond donors (Lipinski definition) is 3. The number of furan rings is 1. The van der Waals surface area contributed by atoms with Crippen LogP contribution in [0.4, 0.5) is 0 Å². The first-order valence-corrected chi connectivity index (χ1v) is 5.41. The number of carbonyl (C=O) groups is 1. The molecule has 96 valence electrons. The first kappa shape index (κ1) is 13.7. The lowest BCUT2D eigenvalue weighted by atomic mass is 10.2. The summed E-state index contributed by atoms with van der Waals surface area (Å²) in [5.41, 5.74) is 5.36. The van der Waals surface area contributed by atoms with Crippen molar-refractivity contribution in [3.8, 4) is 0 Å². The maximum absolute atomic E-state index is 11.6. The molecule has 1 heterocycles. The number of aliphatic hydroxyl groups excluding tert-OH is 1. The van der Waals surface area contributed by atoms with E-state index in [1.54, 1.807) is 12.1 Å². The maximum Gasteiger partial charge on any atom is 0.286 e. The predicted octanol–water partition coefficient (Wildman–Crippen LogP) is -0.135. The molecule has 0 aromatic carbocycles. The second kappa shape index (κ2) is 7.05. The van der Waals surface area contributed by atoms with Crippen molar-refractivity contribution in [3.05, 3.63) is 23.7 Å². The van der Waals surface area contributed by atoms with E-state index in [2.05, 4.69) is 5.32 Å². The van der Waals surface area contributed by atoms with Gasteiger partial charge in [0.05, 0.1) is 19.3 Å². The summed E-state index contributed by atoms with van der Waals surface area (Å²) in [6, 6.07) is 3.23. The van der Waals surface area contributed by atoms with Crippen LogP contribution in [0.25, 0.3) is 0 Å². The highest BCUT2D eigenvalue weighted by molar-refractivity contribution is 5.91. The minimum Gasteiger partial charge on any atom is -0.455 e. The van der Waals surface area contributed by atoms with Crippen LogP contribution in [0.1, 0.15) is 22.7 Å². The average Bonchev–Trinajstić information content (AvgIpc) is 2.77. The van der Waals surface area contributed by atoms with E-state index in [-0.39, 0.29) is 24.8 Å². The van der Waals surface area contributed by atoms with Crippen molar-refractivity contribution in [1.29, 1.82) is 0 Å². The third-order valence-corrected chi connectivity index (χ3v) is 2.21. The molecule has 0 aliphatic carbocycles. The molecule has 1 unspecified atom stereocenters. The normalized spacial score (nSPS) is 12.4. The van der Waals surface area contributed by atoms with E-state index in [4.69, 9.17) is 14.9 Å². The number of ether oxygens (including phenoxy) is 1. The topological polar surface area (TPSA) is 97.7 Å². The van der Waals surface area contributed by atoms with Crippen LogP contribution in [0, 0.1) is 0 Å². The van der Waals surface area contributed by atoms with Gasteiger partial charge < -0.3 is 25.3 Å². The summed E-state index contributed by atoms with van der Waals surface area (Å²) >= 11 is 0. The van der Waals surface area contributed by atoms with Crippen molar-refractivity contribution in [1.82, 2.24) is 5.32 Å². The van der Waals surface area contributed by atoms with Gasteiger partial charge in [-0.3, -0.25) is 4.79 Å². The molecule has 6 nitrogen and oxygen atoms in total. The number of nitrogens with two attached hydrogens (primary N) is 1. The molecule has 0 saturated carbocycles. The molecule has 0 bridgehead atoms. The summed E-state index contributed by atoms with van der Waals surface area (Å²) in [5, 5.41) is 12.0. The molecule has 1 rings (SSSR count). The fraction of sp³-hybridized carbons (Fsp3) is 0.545. The fourth-order valence-corrected chi connectivity index (χ4v) is 1.32. The second-order valence-electron chi connectivity index (χ2n) is 3.62. The van der Waals surface area contributed by atoms with Crippen molar-refractivity contribution in [2.75, 3.05) is 20.3 Å². The highest BCUT2D eigenvalue weighted by atomic mass is 16.5. The fourth-order valence-electron chi connectivity index (χ4n) is 1.32. The van der Waals surface area contributed by atoms with Gasteiger partial charge >= 0.3 is 0 Å². The number of rotatable bonds is 7. The van der Waals surface area contributed by atoms with Crippen molar-refractivity contribution < 1.29 is 19.1 Å². The van der Waals surface area contributed by atoms with Crippen LogP contribution in [0.3, 0.4) is 0 Å². The monoisotopic (exact) mass is 242 g/mol. The lowest BCUT2D eigenvalue weighted by Gasteiger charge is -2.09. The minimum atomic E-state index is -0.573. The Bertz CT molecular complexity index is 351. The van der Waals surface area contributed by atoms with E-state index in [1.807, 2.05) is 0 Å². The van der Waals surface area contributed by atoms with Crippen molar-refractivity contribution in [2.24, 2.45) is 5.73 Å². The third-order valence-electron chi connectivity index (χ3n) is 2.21. The van der Waals surface area contributed by atoms with Crippen LogP contribution < -0.4 is 11.1 Å². The molecule has 0 radical (unpaired) electrons. The van der Waals surface area contributed by atoms with Gasteiger partial charge in [0.1, 0.15) is 5.76 Å². The summed E-state index contributed by atoms with van der Waals surface area (Å²) in [6.07, 6.45) is -0.138. The van der Waals surface area contributed by atoms with E-state index in [9.17, 15) is 9.90 Å². The standard InChI is InChI=1S/C11H18N2O4/c1-16-7-8(14)4-5-13-11(15)10-3-2-9(6-12)17-10/h2-3,8,14H,4-7,12H2,1H3,(H,13,15). The molecule has 6 heteroatoms. The largest absolute Gasteiger partial charge is 0.455 e. The Morgan fingerprint density at radius 1 is 1.65 bits per heavy atom. The van der Waals surface area contributed by atoms with Gasteiger partial charge in [0.15, 0.2) is 5.76 Å². The maximum atomic E-state index is 11.6. The van der Waals surface area contributed by atoms with Gasteiger partial charge in [0, 0.05) is 13.7 Å². The number of amides is 1. The van der Waals surface area contributed by atoms with Crippen LogP contribution in [0.5, 0.6) is 0 Å². The molecule has 0 fully saturated rings. The van der Waals surface area contributed by atoms with Crippen molar-refractivity contribution in [3.63, 3.8) is 0 Å². The van der Waals surface area contributed by atoms with Crippen LogP contribution in [-0.4, -0.2) is 37.4 Å². The first-order valence-electron chi connectivity index (χ1n) is 5.41. The summed E-state index contributed by atoms with van der Waals surface area (Å²) in [6.45, 7) is 0.885. The molecule has 1 amide bonds. The predicted molar refractivity (Wildman–Crippen MR) is 61.4 cm³/mol. The van der Waals surface area contributed by atoms with E-state index >= 15 is 0 Å². The average molecular weight is 242 g/mol. The molecule has 1 aromatic heterocycles. The molecule has 4 N–H and O–H groups in total. The van der Waals surface area contributed by atoms with Crippen LogP contribution >= 0.6 is 0 Å². The molecule has 0 spiro atoms. The second-order valence-corrected chi connectivity index (χ2v) is 3.62. The lowest BCUT2D eigenvalue weighted by molar-refractivity contribution is 0.0586. The molecule has 0 aliphatic heterocycles. The molecular weight excluding hydrogens is 224 g/mol. The Balaban J connectivity index is 2.29. The first-order chi connectivity index (χ1) is 8.17. The summed E-state index contributed by atoms with van der Waals surface area (Å²) in [4.78, 5) is 11.6. The van der Waals surface area contributed by atoms with Crippen LogP contribution in [0.15, 0.2) is 16.5 Å². The van der Waals surface area contributed by atoms with Gasteiger partial charge in [0.2, 0.25) is 0 Å². The molecule has 0 aliphatic rings. The van der Waals surface area contributed by atoms with E-state index < -0.39 is 6.10 Å². The quantitative estimate of drug-likeness (QED) is 0.618. The highest BCUT2D eigenvalue weighted by Gasteiger charge is 2.11. The van der Waals surface area contributed by atoms with Gasteiger partial charge in [-0.1, -0.05) is 0 Å². The Morgan fingerprint density at radius 3 is 3.00 bits per heavy atom. The van der Waals surface area contributed by atoms with Gasteiger partial charge in [-0.15, -0.1) is 0 Å². The molecule has 17 heavy (non-hydrogen) atoms. The molecular formula is C11H18N2O4. The van der Waals surface area contributed by atoms with Gasteiger partial charge in [-0.2, -0.15) is 0 Å². The minimum absolute atomic E-state index is 0.228. The smallest absolute Gasteiger partial charge is 0.286 e. The summed E-state index contributed by atoms with van der Waals surface area (Å²) in [7, 11) is 1.51. The Labute approximate surface area is 99.7 Å². The zero-order valence-electron chi connectivity index (χ0n) is 9.81. The Morgan fingerprint density at radius 2 is 2.41 bits per heavy atom. The summed E-state index contributed by atoms with van der Waals surface area (Å²) in [5.74, 6) is 0.482. The SMILES string of the molecule is COCC(O)CCNC(=O)c1ccc(CN)o1. The number of carbonyl (C=O) groups excluding carboxylic acids is 1. The van der Waals surface area contributed by atoms with Gasteiger partial charge in [-0.25, -0.2) is 0 Å². The van der Waals surface area contributed by atoms with Crippen molar-refractivity contribution in [2.45, 2.75) is 19.1 Å². The number of hydrogen-bond acceptors (Lipinski definition) is 5. The Hall–Kier alpha value is -1.37. The number of nitrogens with one attached hydrogen (secondary N) is 1. The highest BCUT2D eigenvalue weighted by Crippen LogP contribution is 2.06. The zero-order chi connectivity index (χ0) is 12.7. The molecule has 1 atom stereocenters. The van der Waals surface area contributed by atoms with Crippen molar-refractivity contribution >= 4 is 5.91 Å². The van der Waals surface area contributed by atoms with Gasteiger partial charge in [-0.05, 0) is 18.6 Å². The third kappa shape index (κ3) is 4.56. The Kier molecular flexibility index (Phi) is 5.68. The summed E-state index contributed by atoms with van der Waals surface area (Å²) < 4.78 is 9.94. The van der Waals surface area contributed by atoms with E-state index in [1.165, 1.54) is 7.11 Å². The molecule has 0 saturated heterocycles. The number of aliphatic hydroxyl groups is 1. The van der Waals surface area contributed by atoms with Crippen LogP contribution in [0.2, 0.25) is 0 Å². The van der Waals surface area contributed by atoms with E-state index in [0.717, 1.165) is 0 Å².